The van der Waals surface area contributed by atoms with Crippen molar-refractivity contribution in [1.29, 1.82) is 0 Å². The first kappa shape index (κ1) is 13.4. The molecule has 2 aliphatic rings. The van der Waals surface area contributed by atoms with E-state index in [-0.39, 0.29) is 23.0 Å². The van der Waals surface area contributed by atoms with Crippen molar-refractivity contribution >= 4 is 28.6 Å². The zero-order valence-corrected chi connectivity index (χ0v) is 11.6. The molecule has 0 aliphatic carbocycles. The van der Waals surface area contributed by atoms with Crippen LogP contribution in [-0.4, -0.2) is 60.2 Å². The fraction of sp³-hybridized carbons (Fsp3) is 0.500. The Morgan fingerprint density at radius 2 is 2.05 bits per heavy atom. The average molecular weight is 327 g/mol. The number of thiocarbonyl (C=S) groups is 1. The molecule has 3 N–H and O–H groups in total. The van der Waals surface area contributed by atoms with Crippen molar-refractivity contribution in [2.45, 2.75) is 24.5 Å². The normalized spacial score (nSPS) is 30.3. The maximum Gasteiger partial charge on any atom is 0.353 e. The molecule has 12 heteroatoms. The second kappa shape index (κ2) is 4.59. The van der Waals surface area contributed by atoms with Crippen LogP contribution in [0.2, 0.25) is 0 Å². The van der Waals surface area contributed by atoms with E-state index >= 15 is 0 Å². The van der Waals surface area contributed by atoms with Gasteiger partial charge in [-0.1, -0.05) is 0 Å². The van der Waals surface area contributed by atoms with Gasteiger partial charge in [0.15, 0.2) is 29.6 Å². The average Bonchev–Trinajstić information content (AvgIpc) is 3.14. The Hall–Kier alpha value is -2.31. The van der Waals surface area contributed by atoms with Crippen molar-refractivity contribution in [3.05, 3.63) is 20.8 Å². The van der Waals surface area contributed by atoms with E-state index in [0.717, 1.165) is 4.57 Å². The first-order valence-electron chi connectivity index (χ1n) is 6.29. The molecule has 4 atom stereocenters. The van der Waals surface area contributed by atoms with Gasteiger partial charge in [0, 0.05) is 12.2 Å². The van der Waals surface area contributed by atoms with Crippen molar-refractivity contribution < 1.29 is 19.3 Å². The van der Waals surface area contributed by atoms with E-state index in [9.17, 15) is 14.7 Å². The highest BCUT2D eigenvalue weighted by Gasteiger charge is 2.54. The molecule has 0 bridgehead atoms. The van der Waals surface area contributed by atoms with Gasteiger partial charge < -0.3 is 19.3 Å². The summed E-state index contributed by atoms with van der Waals surface area (Å²) < 4.78 is 17.3. The third-order valence-corrected chi connectivity index (χ3v) is 3.79. The molecular formula is C10H9N5O6S. The Morgan fingerprint density at radius 3 is 2.82 bits per heavy atom. The van der Waals surface area contributed by atoms with Crippen LogP contribution >= 0.6 is 12.2 Å². The molecule has 0 saturated carbocycles. The minimum Gasteiger partial charge on any atom is -0.446 e. The maximum atomic E-state index is 12.2. The van der Waals surface area contributed by atoms with Gasteiger partial charge in [-0.2, -0.15) is 5.21 Å². The van der Waals surface area contributed by atoms with Crippen molar-refractivity contribution in [3.63, 3.8) is 0 Å². The molecule has 0 unspecified atom stereocenters. The topological polar surface area (TPSA) is 144 Å². The third kappa shape index (κ3) is 1.71. The molecule has 0 radical (unpaired) electrons. The van der Waals surface area contributed by atoms with Crippen LogP contribution in [0.5, 0.6) is 0 Å². The van der Waals surface area contributed by atoms with Gasteiger partial charge >= 0.3 is 10.9 Å². The summed E-state index contributed by atoms with van der Waals surface area (Å²) in [4.78, 5) is 26.0. The van der Waals surface area contributed by atoms with E-state index < -0.39 is 35.8 Å². The minimum atomic E-state index is -0.973. The lowest BCUT2D eigenvalue weighted by Crippen LogP contribution is -2.37. The molecule has 0 spiro atoms. The van der Waals surface area contributed by atoms with Gasteiger partial charge in [-0.3, -0.25) is 9.78 Å². The zero-order valence-electron chi connectivity index (χ0n) is 10.8. The van der Waals surface area contributed by atoms with E-state index in [1.54, 1.807) is 0 Å². The number of ether oxygens (including phenoxy) is 3. The van der Waals surface area contributed by atoms with Crippen LogP contribution in [-0.2, 0) is 14.2 Å². The number of aliphatic hydroxyl groups excluding tert-OH is 1. The summed E-state index contributed by atoms with van der Waals surface area (Å²) in [6.07, 6.45) is -3.09. The fourth-order valence-corrected chi connectivity index (χ4v) is 2.90. The van der Waals surface area contributed by atoms with Gasteiger partial charge in [0.05, 0.1) is 6.61 Å². The lowest BCUT2D eigenvalue weighted by molar-refractivity contribution is -0.0618. The smallest absolute Gasteiger partial charge is 0.353 e. The molecular weight excluding hydrogens is 318 g/mol. The monoisotopic (exact) mass is 327 g/mol. The zero-order chi connectivity index (χ0) is 15.4. The Labute approximate surface area is 125 Å². The second-order valence-corrected chi connectivity index (χ2v) is 5.12. The molecule has 2 saturated heterocycles. The Bertz CT molecular complexity index is 873. The number of hydrogen-bond donors (Lipinski definition) is 3. The largest absolute Gasteiger partial charge is 0.446 e. The van der Waals surface area contributed by atoms with Gasteiger partial charge in [-0.15, -0.1) is 10.2 Å². The van der Waals surface area contributed by atoms with Crippen molar-refractivity contribution in [2.24, 2.45) is 0 Å². The summed E-state index contributed by atoms with van der Waals surface area (Å²) in [5.41, 5.74) is -1.45. The number of aromatic amines is 2. The number of nitrogens with one attached hydrogen (secondary N) is 2. The first-order chi connectivity index (χ1) is 10.6. The van der Waals surface area contributed by atoms with E-state index in [0.29, 0.717) is 0 Å². The van der Waals surface area contributed by atoms with Gasteiger partial charge in [-0.25, -0.2) is 9.36 Å². The molecule has 2 fully saturated rings. The van der Waals surface area contributed by atoms with Gasteiger partial charge in [0.2, 0.25) is 0 Å². The number of nitrogens with zero attached hydrogens (tertiary/aromatic N) is 3. The number of fused-ring (bicyclic) bond motifs is 2. The molecule has 0 amide bonds. The quantitative estimate of drug-likeness (QED) is 0.522. The molecule has 2 aromatic heterocycles. The van der Waals surface area contributed by atoms with Crippen LogP contribution in [0.15, 0.2) is 9.59 Å². The van der Waals surface area contributed by atoms with Crippen LogP contribution in [0.4, 0.5) is 0 Å². The van der Waals surface area contributed by atoms with Crippen molar-refractivity contribution in [3.8, 4) is 0 Å². The molecule has 22 heavy (non-hydrogen) atoms. The highest BCUT2D eigenvalue weighted by molar-refractivity contribution is 7.79. The number of rotatable bonds is 2. The molecule has 11 nitrogen and oxygen atoms in total. The lowest BCUT2D eigenvalue weighted by Gasteiger charge is -2.18. The first-order valence-corrected chi connectivity index (χ1v) is 6.70. The number of aliphatic hydroxyl groups is 1. The Kier molecular flexibility index (Phi) is 2.79. The van der Waals surface area contributed by atoms with E-state index in [1.165, 1.54) is 0 Å². The van der Waals surface area contributed by atoms with Crippen molar-refractivity contribution in [1.82, 2.24) is 25.0 Å². The summed E-state index contributed by atoms with van der Waals surface area (Å²) in [5.74, 6) is 0. The SMILES string of the molecule is O=c1[nH]c(=O)n([C@@H]2O[C@H](CO)[C@H]3OC(=S)O[C@H]32)c2n[nH]nc12. The standard InChI is InChI=1S/C10H9N5O6S/c16-1-2-4-5(21-10(22)20-4)8(19-2)15-6-3(12-14-13-6)7(17)11-9(15)18/h2,4-5,8,16H,1H2,(H,11,17,18)(H,12,13,14)/t2-,4-,5-,8-/m1/s1. The fourth-order valence-electron chi connectivity index (χ4n) is 2.68. The molecule has 4 heterocycles. The summed E-state index contributed by atoms with van der Waals surface area (Å²) >= 11 is 4.85. The van der Waals surface area contributed by atoms with E-state index in [4.69, 9.17) is 26.4 Å². The van der Waals surface area contributed by atoms with E-state index in [2.05, 4.69) is 20.4 Å². The van der Waals surface area contributed by atoms with Crippen LogP contribution < -0.4 is 11.2 Å². The summed E-state index contributed by atoms with van der Waals surface area (Å²) in [5, 5.41) is 19.1. The van der Waals surface area contributed by atoms with Crippen LogP contribution in [0, 0.1) is 0 Å². The van der Waals surface area contributed by atoms with Crippen LogP contribution in [0.25, 0.3) is 11.2 Å². The maximum absolute atomic E-state index is 12.2. The molecule has 0 aromatic carbocycles. The predicted molar refractivity (Wildman–Crippen MR) is 72.1 cm³/mol. The summed E-state index contributed by atoms with van der Waals surface area (Å²) in [6.45, 7) is -0.344. The van der Waals surface area contributed by atoms with E-state index in [1.807, 2.05) is 0 Å². The highest BCUT2D eigenvalue weighted by atomic mass is 32.1. The summed E-state index contributed by atoms with van der Waals surface area (Å²) in [6, 6.07) is 0. The Morgan fingerprint density at radius 1 is 1.27 bits per heavy atom. The Balaban J connectivity index is 1.89. The number of H-pyrrole nitrogens is 2. The van der Waals surface area contributed by atoms with Crippen LogP contribution in [0.1, 0.15) is 6.23 Å². The number of hydrogen-bond acceptors (Lipinski definition) is 9. The molecule has 2 aromatic rings. The van der Waals surface area contributed by atoms with Gasteiger partial charge in [0.25, 0.3) is 5.56 Å². The molecule has 116 valence electrons. The molecule has 4 rings (SSSR count). The van der Waals surface area contributed by atoms with Crippen LogP contribution in [0.3, 0.4) is 0 Å². The highest BCUT2D eigenvalue weighted by Crippen LogP contribution is 2.37. The number of aromatic nitrogens is 5. The van der Waals surface area contributed by atoms with Gasteiger partial charge in [0.1, 0.15) is 6.10 Å². The lowest BCUT2D eigenvalue weighted by atomic mass is 10.1. The minimum absolute atomic E-state index is 0.0116. The molecule has 2 aliphatic heterocycles. The second-order valence-electron chi connectivity index (χ2n) is 4.79. The third-order valence-electron chi connectivity index (χ3n) is 3.60. The van der Waals surface area contributed by atoms with Crippen molar-refractivity contribution in [2.75, 3.05) is 6.61 Å². The summed E-state index contributed by atoms with van der Waals surface area (Å²) in [7, 11) is 0. The predicted octanol–water partition coefficient (Wildman–Crippen LogP) is -2.23. The van der Waals surface area contributed by atoms with Gasteiger partial charge in [-0.05, 0) is 0 Å².